The van der Waals surface area contributed by atoms with E-state index in [2.05, 4.69) is 4.99 Å². The molecule has 0 aliphatic carbocycles. The van der Waals surface area contributed by atoms with Gasteiger partial charge >= 0.3 is 0 Å². The Balaban J connectivity index is 1.31. The molecule has 0 aliphatic rings. The molecule has 5 aromatic rings. The first-order valence-corrected chi connectivity index (χ1v) is 14.5. The van der Waals surface area contributed by atoms with Crippen LogP contribution >= 0.6 is 23.2 Å². The highest BCUT2D eigenvalue weighted by Crippen LogP contribution is 2.26. The van der Waals surface area contributed by atoms with Crippen molar-refractivity contribution in [1.82, 2.24) is 4.31 Å². The summed E-state index contributed by atoms with van der Waals surface area (Å²) in [6.45, 7) is 0.149. The van der Waals surface area contributed by atoms with Crippen LogP contribution in [-0.4, -0.2) is 18.9 Å². The molecule has 0 saturated carbocycles. The zero-order valence-corrected chi connectivity index (χ0v) is 23.5. The number of benzene rings is 4. The number of nitrogens with zero attached hydrogens (tertiary/aromatic N) is 2. The van der Waals surface area contributed by atoms with Crippen LogP contribution in [0.4, 0.5) is 5.69 Å². The summed E-state index contributed by atoms with van der Waals surface area (Å²) in [7, 11) is -3.86. The Labute approximate surface area is 243 Å². The maximum Gasteiger partial charge on any atom is 0.243 e. The van der Waals surface area contributed by atoms with Crippen molar-refractivity contribution >= 4 is 45.1 Å². The van der Waals surface area contributed by atoms with Crippen LogP contribution in [0.25, 0.3) is 0 Å². The van der Waals surface area contributed by atoms with E-state index >= 15 is 0 Å². The maximum absolute atomic E-state index is 13.6. The molecule has 1 heterocycles. The molecule has 1 aromatic heterocycles. The van der Waals surface area contributed by atoms with E-state index in [-0.39, 0.29) is 18.0 Å². The highest BCUT2D eigenvalue weighted by molar-refractivity contribution is 7.89. The van der Waals surface area contributed by atoms with Gasteiger partial charge in [-0.25, -0.2) is 8.42 Å². The van der Waals surface area contributed by atoms with Gasteiger partial charge in [0.15, 0.2) is 0 Å². The summed E-state index contributed by atoms with van der Waals surface area (Å²) in [4.78, 5) is 4.60. The standard InChI is InChI=1S/C31H24Cl2N2O4S/c32-24-8-6-23(7-9-24)21-35(40(36,37)31-18-10-25(33)11-19-31)22-30-17-16-29(39-30)20-34-26-12-14-28(15-13-26)38-27-4-2-1-3-5-27/h1-20H,21-22H2. The molecule has 5 rings (SSSR count). The molecule has 0 spiro atoms. The van der Waals surface area contributed by atoms with Crippen molar-refractivity contribution in [3.63, 3.8) is 0 Å². The van der Waals surface area contributed by atoms with Crippen molar-refractivity contribution in [3.8, 4) is 11.5 Å². The van der Waals surface area contributed by atoms with Crippen molar-refractivity contribution in [3.05, 3.63) is 142 Å². The minimum atomic E-state index is -3.86. The van der Waals surface area contributed by atoms with E-state index in [9.17, 15) is 8.42 Å². The molecule has 0 N–H and O–H groups in total. The quantitative estimate of drug-likeness (QED) is 0.153. The lowest BCUT2D eigenvalue weighted by molar-refractivity contribution is 0.357. The van der Waals surface area contributed by atoms with E-state index in [4.69, 9.17) is 32.4 Å². The van der Waals surface area contributed by atoms with Crippen LogP contribution < -0.4 is 4.74 Å². The highest BCUT2D eigenvalue weighted by Gasteiger charge is 2.26. The molecule has 0 radical (unpaired) electrons. The van der Waals surface area contributed by atoms with Crippen molar-refractivity contribution in [2.75, 3.05) is 0 Å². The third kappa shape index (κ3) is 7.20. The first-order chi connectivity index (χ1) is 19.3. The minimum absolute atomic E-state index is 0.0208. The number of para-hydroxylation sites is 1. The summed E-state index contributed by atoms with van der Waals surface area (Å²) in [5.74, 6) is 2.42. The number of halogens is 2. The Morgan fingerprint density at radius 3 is 2.02 bits per heavy atom. The third-order valence-corrected chi connectivity index (χ3v) is 8.20. The van der Waals surface area contributed by atoms with Crippen LogP contribution in [0.3, 0.4) is 0 Å². The lowest BCUT2D eigenvalue weighted by atomic mass is 10.2. The van der Waals surface area contributed by atoms with Gasteiger partial charge in [-0.15, -0.1) is 0 Å². The maximum atomic E-state index is 13.6. The first-order valence-electron chi connectivity index (χ1n) is 12.3. The zero-order valence-electron chi connectivity index (χ0n) is 21.2. The number of aliphatic imine (C=N–C) groups is 1. The Bertz CT molecular complexity index is 1690. The molecule has 40 heavy (non-hydrogen) atoms. The van der Waals surface area contributed by atoms with E-state index in [1.54, 1.807) is 54.7 Å². The van der Waals surface area contributed by atoms with Crippen LogP contribution in [0, 0.1) is 0 Å². The number of ether oxygens (including phenoxy) is 1. The molecular formula is C31H24Cl2N2O4S. The molecule has 0 atom stereocenters. The van der Waals surface area contributed by atoms with E-state index in [1.165, 1.54) is 16.4 Å². The fourth-order valence-corrected chi connectivity index (χ4v) is 5.51. The first kappa shape index (κ1) is 27.7. The van der Waals surface area contributed by atoms with Gasteiger partial charge in [0.25, 0.3) is 0 Å². The normalized spacial score (nSPS) is 11.8. The van der Waals surface area contributed by atoms with Crippen LogP contribution in [-0.2, 0) is 23.1 Å². The third-order valence-electron chi connectivity index (χ3n) is 5.89. The lowest BCUT2D eigenvalue weighted by Crippen LogP contribution is -2.30. The van der Waals surface area contributed by atoms with Gasteiger partial charge in [-0.1, -0.05) is 53.5 Å². The molecule has 0 bridgehead atoms. The molecule has 0 aliphatic heterocycles. The second-order valence-electron chi connectivity index (χ2n) is 8.82. The predicted molar refractivity (Wildman–Crippen MR) is 158 cm³/mol. The molecule has 0 amide bonds. The summed E-state index contributed by atoms with van der Waals surface area (Å²) in [5.41, 5.74) is 1.50. The molecule has 0 unspecified atom stereocenters. The van der Waals surface area contributed by atoms with Gasteiger partial charge in [0.2, 0.25) is 10.0 Å². The SMILES string of the molecule is O=S(=O)(c1ccc(Cl)cc1)N(Cc1ccc(Cl)cc1)Cc1ccc(C=Nc2ccc(Oc3ccccc3)cc2)o1. The Hall–Kier alpha value is -3.88. The Morgan fingerprint density at radius 1 is 0.725 bits per heavy atom. The van der Waals surface area contributed by atoms with Gasteiger partial charge in [0.1, 0.15) is 23.0 Å². The summed E-state index contributed by atoms with van der Waals surface area (Å²) < 4.78 is 40.2. The van der Waals surface area contributed by atoms with Gasteiger partial charge in [0.05, 0.1) is 23.3 Å². The van der Waals surface area contributed by atoms with E-state index in [0.717, 1.165) is 11.3 Å². The zero-order chi connectivity index (χ0) is 28.0. The molecule has 0 fully saturated rings. The molecule has 9 heteroatoms. The number of hydrogen-bond acceptors (Lipinski definition) is 5. The summed E-state index contributed by atoms with van der Waals surface area (Å²) in [6, 6.07) is 33.5. The second-order valence-corrected chi connectivity index (χ2v) is 11.6. The summed E-state index contributed by atoms with van der Waals surface area (Å²) >= 11 is 12.0. The Morgan fingerprint density at radius 2 is 1.35 bits per heavy atom. The van der Waals surface area contributed by atoms with Crippen molar-refractivity contribution in [2.45, 2.75) is 18.0 Å². The minimum Gasteiger partial charge on any atom is -0.459 e. The van der Waals surface area contributed by atoms with Crippen molar-refractivity contribution in [1.29, 1.82) is 0 Å². The Kier molecular flexibility index (Phi) is 8.67. The van der Waals surface area contributed by atoms with E-state index in [1.807, 2.05) is 54.6 Å². The fraction of sp³-hybridized carbons (Fsp3) is 0.0645. The molecular weight excluding hydrogens is 567 g/mol. The predicted octanol–water partition coefficient (Wildman–Crippen LogP) is 8.52. The number of sulfonamides is 1. The molecule has 0 saturated heterocycles. The monoisotopic (exact) mass is 590 g/mol. The number of rotatable bonds is 10. The average Bonchev–Trinajstić information content (AvgIpc) is 3.41. The lowest BCUT2D eigenvalue weighted by Gasteiger charge is -2.21. The average molecular weight is 592 g/mol. The van der Waals surface area contributed by atoms with Crippen molar-refractivity contribution in [2.24, 2.45) is 4.99 Å². The number of hydrogen-bond donors (Lipinski definition) is 0. The summed E-state index contributed by atoms with van der Waals surface area (Å²) in [5, 5.41) is 1.03. The van der Waals surface area contributed by atoms with Crippen LogP contribution in [0.1, 0.15) is 17.1 Å². The van der Waals surface area contributed by atoms with Gasteiger partial charge in [0, 0.05) is 16.6 Å². The van der Waals surface area contributed by atoms with Crippen LogP contribution in [0.15, 0.2) is 130 Å². The largest absolute Gasteiger partial charge is 0.459 e. The smallest absolute Gasteiger partial charge is 0.243 e. The van der Waals surface area contributed by atoms with Gasteiger partial charge < -0.3 is 9.15 Å². The molecule has 202 valence electrons. The van der Waals surface area contributed by atoms with Gasteiger partial charge in [-0.05, 0) is 90.5 Å². The highest BCUT2D eigenvalue weighted by atomic mass is 35.5. The molecule has 4 aromatic carbocycles. The summed E-state index contributed by atoms with van der Waals surface area (Å²) in [6.07, 6.45) is 1.59. The topological polar surface area (TPSA) is 72.1 Å². The van der Waals surface area contributed by atoms with Gasteiger partial charge in [-0.2, -0.15) is 4.31 Å². The van der Waals surface area contributed by atoms with Crippen LogP contribution in [0.2, 0.25) is 10.0 Å². The van der Waals surface area contributed by atoms with Crippen molar-refractivity contribution < 1.29 is 17.6 Å². The van der Waals surface area contributed by atoms with E-state index in [0.29, 0.717) is 33.0 Å². The number of furan rings is 1. The fourth-order valence-electron chi connectivity index (χ4n) is 3.86. The van der Waals surface area contributed by atoms with Gasteiger partial charge in [-0.3, -0.25) is 4.99 Å². The van der Waals surface area contributed by atoms with Crippen LogP contribution in [0.5, 0.6) is 11.5 Å². The van der Waals surface area contributed by atoms with E-state index < -0.39 is 10.0 Å². The second kappa shape index (κ2) is 12.5. The molecule has 6 nitrogen and oxygen atoms in total.